The molecule has 1 N–H and O–H groups in total. The van der Waals surface area contributed by atoms with Crippen LogP contribution in [-0.2, 0) is 4.79 Å². The van der Waals surface area contributed by atoms with Gasteiger partial charge in [0.15, 0.2) is 0 Å². The Bertz CT molecular complexity index is 391. The van der Waals surface area contributed by atoms with Crippen molar-refractivity contribution in [2.24, 2.45) is 5.41 Å². The minimum atomic E-state index is -4.29. The Hall–Kier alpha value is -1.47. The molecule has 0 aromatic rings. The van der Waals surface area contributed by atoms with Gasteiger partial charge in [0.25, 0.3) is 0 Å². The number of likely N-dealkylation sites (tertiary alicyclic amines) is 1. The number of carbonyl (C=O) groups excluding carboxylic acids is 1. The zero-order valence-corrected chi connectivity index (χ0v) is 12.2. The van der Waals surface area contributed by atoms with Crippen molar-refractivity contribution in [1.29, 1.82) is 0 Å². The fourth-order valence-electron chi connectivity index (χ4n) is 2.48. The molecule has 0 bridgehead atoms. The average Bonchev–Trinajstić information content (AvgIpc) is 2.43. The summed E-state index contributed by atoms with van der Waals surface area (Å²) in [5, 5.41) is 9.26. The van der Waals surface area contributed by atoms with Gasteiger partial charge in [-0.25, -0.2) is 4.79 Å². The molecular formula is C13H21F3N2O3. The van der Waals surface area contributed by atoms with Crippen LogP contribution in [0.4, 0.5) is 18.0 Å². The van der Waals surface area contributed by atoms with E-state index in [-0.39, 0.29) is 13.1 Å². The van der Waals surface area contributed by atoms with Gasteiger partial charge in [0.2, 0.25) is 0 Å². The van der Waals surface area contributed by atoms with Crippen molar-refractivity contribution in [1.82, 2.24) is 9.80 Å². The van der Waals surface area contributed by atoms with Crippen LogP contribution in [0.15, 0.2) is 0 Å². The summed E-state index contributed by atoms with van der Waals surface area (Å²) in [6.45, 7) is 1.92. The van der Waals surface area contributed by atoms with Gasteiger partial charge in [-0.05, 0) is 19.3 Å². The number of carbonyl (C=O) groups is 2. The highest BCUT2D eigenvalue weighted by Crippen LogP contribution is 2.35. The van der Waals surface area contributed by atoms with Crippen molar-refractivity contribution >= 4 is 12.0 Å². The standard InChI is InChI=1S/C13H21F3N2O3/c1-3-12(10(19)20)4-8-18(9-5-12)11(21)17(2)7-6-13(14,15)16/h3-9H2,1-2H3,(H,19,20). The third kappa shape index (κ3) is 4.50. The SMILES string of the molecule is CCC1(C(=O)O)CCN(C(=O)N(C)CCC(F)(F)F)CC1. The highest BCUT2D eigenvalue weighted by atomic mass is 19.4. The topological polar surface area (TPSA) is 60.9 Å². The molecule has 1 aliphatic rings. The van der Waals surface area contributed by atoms with Crippen LogP contribution >= 0.6 is 0 Å². The maximum Gasteiger partial charge on any atom is 0.390 e. The second-order valence-electron chi connectivity index (χ2n) is 5.50. The third-order valence-electron chi connectivity index (χ3n) is 4.18. The Morgan fingerprint density at radius 3 is 2.19 bits per heavy atom. The van der Waals surface area contributed by atoms with Crippen molar-refractivity contribution in [2.45, 2.75) is 38.8 Å². The molecule has 1 fully saturated rings. The number of hydrogen-bond donors (Lipinski definition) is 1. The lowest BCUT2D eigenvalue weighted by Gasteiger charge is -2.39. The number of alkyl halides is 3. The predicted octanol–water partition coefficient (Wildman–Crippen LogP) is 2.57. The molecule has 0 spiro atoms. The molecule has 122 valence electrons. The summed E-state index contributed by atoms with van der Waals surface area (Å²) >= 11 is 0. The van der Waals surface area contributed by atoms with Gasteiger partial charge >= 0.3 is 18.2 Å². The second kappa shape index (κ2) is 6.53. The maximum absolute atomic E-state index is 12.1. The molecule has 0 radical (unpaired) electrons. The summed E-state index contributed by atoms with van der Waals surface area (Å²) in [7, 11) is 1.33. The molecule has 0 aromatic heterocycles. The van der Waals surface area contributed by atoms with E-state index in [1.165, 1.54) is 11.9 Å². The zero-order valence-electron chi connectivity index (χ0n) is 12.2. The Balaban J connectivity index is 2.53. The summed E-state index contributed by atoms with van der Waals surface area (Å²) < 4.78 is 36.4. The molecule has 21 heavy (non-hydrogen) atoms. The lowest BCUT2D eigenvalue weighted by atomic mass is 9.76. The molecule has 1 rings (SSSR count). The average molecular weight is 310 g/mol. The second-order valence-corrected chi connectivity index (χ2v) is 5.50. The smallest absolute Gasteiger partial charge is 0.390 e. The van der Waals surface area contributed by atoms with Gasteiger partial charge in [0, 0.05) is 26.7 Å². The van der Waals surface area contributed by atoms with E-state index in [9.17, 15) is 27.9 Å². The van der Waals surface area contributed by atoms with Crippen LogP contribution in [0, 0.1) is 5.41 Å². The minimum Gasteiger partial charge on any atom is -0.481 e. The van der Waals surface area contributed by atoms with E-state index < -0.39 is 36.6 Å². The fourth-order valence-corrected chi connectivity index (χ4v) is 2.48. The zero-order chi connectivity index (χ0) is 16.3. The first-order chi connectivity index (χ1) is 9.61. The highest BCUT2D eigenvalue weighted by molar-refractivity contribution is 5.77. The number of piperidine rings is 1. The van der Waals surface area contributed by atoms with Gasteiger partial charge in [0.1, 0.15) is 0 Å². The lowest BCUT2D eigenvalue weighted by molar-refractivity contribution is -0.152. The van der Waals surface area contributed by atoms with Crippen molar-refractivity contribution in [3.63, 3.8) is 0 Å². The number of amides is 2. The monoisotopic (exact) mass is 310 g/mol. The van der Waals surface area contributed by atoms with Crippen LogP contribution in [0.2, 0.25) is 0 Å². The van der Waals surface area contributed by atoms with E-state index in [4.69, 9.17) is 0 Å². The first-order valence-corrected chi connectivity index (χ1v) is 6.91. The number of carboxylic acid groups (broad SMARTS) is 1. The van der Waals surface area contributed by atoms with Gasteiger partial charge in [-0.3, -0.25) is 4.79 Å². The van der Waals surface area contributed by atoms with Crippen LogP contribution in [-0.4, -0.2) is 59.8 Å². The first-order valence-electron chi connectivity index (χ1n) is 6.91. The number of rotatable bonds is 4. The summed E-state index contributed by atoms with van der Waals surface area (Å²) in [5.41, 5.74) is -0.818. The van der Waals surface area contributed by atoms with Gasteiger partial charge < -0.3 is 14.9 Å². The normalized spacial score (nSPS) is 18.4. The van der Waals surface area contributed by atoms with Crippen LogP contribution in [0.3, 0.4) is 0 Å². The van der Waals surface area contributed by atoms with Crippen molar-refractivity contribution in [2.75, 3.05) is 26.7 Å². The van der Waals surface area contributed by atoms with E-state index >= 15 is 0 Å². The van der Waals surface area contributed by atoms with E-state index in [2.05, 4.69) is 0 Å². The summed E-state index contributed by atoms with van der Waals surface area (Å²) in [6, 6.07) is -0.477. The minimum absolute atomic E-state index is 0.259. The van der Waals surface area contributed by atoms with E-state index in [1.807, 2.05) is 0 Å². The van der Waals surface area contributed by atoms with Gasteiger partial charge in [-0.1, -0.05) is 6.92 Å². The van der Waals surface area contributed by atoms with E-state index in [0.717, 1.165) is 4.90 Å². The number of hydrogen-bond acceptors (Lipinski definition) is 2. The number of carboxylic acids is 1. The van der Waals surface area contributed by atoms with Crippen molar-refractivity contribution in [3.8, 4) is 0 Å². The molecule has 5 nitrogen and oxygen atoms in total. The summed E-state index contributed by atoms with van der Waals surface area (Å²) in [6.07, 6.45) is -4.20. The van der Waals surface area contributed by atoms with Gasteiger partial charge in [-0.2, -0.15) is 13.2 Å². The van der Waals surface area contributed by atoms with Gasteiger partial charge in [0.05, 0.1) is 11.8 Å². The van der Waals surface area contributed by atoms with E-state index in [0.29, 0.717) is 19.3 Å². The largest absolute Gasteiger partial charge is 0.481 e. The lowest BCUT2D eigenvalue weighted by Crippen LogP contribution is -2.50. The quantitative estimate of drug-likeness (QED) is 0.868. The highest BCUT2D eigenvalue weighted by Gasteiger charge is 2.41. The van der Waals surface area contributed by atoms with Crippen LogP contribution in [0.5, 0.6) is 0 Å². The Morgan fingerprint density at radius 2 is 1.81 bits per heavy atom. The number of aliphatic carboxylic acids is 1. The van der Waals surface area contributed by atoms with Crippen molar-refractivity contribution < 1.29 is 27.9 Å². The predicted molar refractivity (Wildman–Crippen MR) is 69.9 cm³/mol. The van der Waals surface area contributed by atoms with Crippen LogP contribution in [0.25, 0.3) is 0 Å². The molecule has 2 amide bonds. The maximum atomic E-state index is 12.1. The third-order valence-corrected chi connectivity index (χ3v) is 4.18. The number of halogens is 3. The molecule has 1 saturated heterocycles. The molecule has 0 saturated carbocycles. The Kier molecular flexibility index (Phi) is 5.47. The van der Waals surface area contributed by atoms with Crippen LogP contribution in [0.1, 0.15) is 32.6 Å². The summed E-state index contributed by atoms with van der Waals surface area (Å²) in [4.78, 5) is 25.8. The molecular weight excluding hydrogens is 289 g/mol. The molecule has 0 aromatic carbocycles. The fraction of sp³-hybridized carbons (Fsp3) is 0.846. The molecule has 0 unspecified atom stereocenters. The molecule has 8 heteroatoms. The number of urea groups is 1. The molecule has 0 atom stereocenters. The van der Waals surface area contributed by atoms with Crippen molar-refractivity contribution in [3.05, 3.63) is 0 Å². The Labute approximate surface area is 121 Å². The number of nitrogens with zero attached hydrogens (tertiary/aromatic N) is 2. The van der Waals surface area contributed by atoms with Gasteiger partial charge in [-0.15, -0.1) is 0 Å². The molecule has 0 aliphatic carbocycles. The van der Waals surface area contributed by atoms with Crippen LogP contribution < -0.4 is 0 Å². The molecule has 1 aliphatic heterocycles. The first kappa shape index (κ1) is 17.6. The summed E-state index contributed by atoms with van der Waals surface area (Å²) in [5.74, 6) is -0.873. The molecule has 1 heterocycles. The Morgan fingerprint density at radius 1 is 1.29 bits per heavy atom. The van der Waals surface area contributed by atoms with E-state index in [1.54, 1.807) is 6.92 Å².